The zero-order valence-corrected chi connectivity index (χ0v) is 19.0. The summed E-state index contributed by atoms with van der Waals surface area (Å²) in [5.74, 6) is -0.655. The van der Waals surface area contributed by atoms with Crippen molar-refractivity contribution >= 4 is 41.1 Å². The zero-order chi connectivity index (χ0) is 22.8. The predicted octanol–water partition coefficient (Wildman–Crippen LogP) is 6.75. The Morgan fingerprint density at radius 3 is 2.50 bits per heavy atom. The number of carbonyl (C=O) groups excluding carboxylic acids is 1. The van der Waals surface area contributed by atoms with E-state index in [1.165, 1.54) is 24.4 Å². The maximum atomic E-state index is 14.4. The van der Waals surface area contributed by atoms with Crippen LogP contribution in [-0.4, -0.2) is 28.9 Å². The van der Waals surface area contributed by atoms with Crippen molar-refractivity contribution in [3.8, 4) is 0 Å². The first-order valence-corrected chi connectivity index (χ1v) is 11.1. The minimum Gasteiger partial charge on any atom is -0.351 e. The monoisotopic (exact) mass is 473 g/mol. The molecule has 8 heteroatoms. The van der Waals surface area contributed by atoms with Crippen LogP contribution in [0.2, 0.25) is 5.02 Å². The second-order valence-corrected chi connectivity index (χ2v) is 8.73. The number of piperidine rings is 1. The average molecular weight is 474 g/mol. The van der Waals surface area contributed by atoms with Gasteiger partial charge in [-0.15, -0.1) is 0 Å². The number of anilines is 2. The normalized spacial score (nSPS) is 14.4. The molecule has 2 aromatic carbocycles. The first-order chi connectivity index (χ1) is 15.3. The number of carbonyl (C=O) groups is 1. The van der Waals surface area contributed by atoms with E-state index in [9.17, 15) is 13.6 Å². The highest BCUT2D eigenvalue weighted by atomic mass is 35.5. The van der Waals surface area contributed by atoms with E-state index in [1.807, 2.05) is 0 Å². The zero-order valence-electron chi connectivity index (χ0n) is 17.4. The van der Waals surface area contributed by atoms with Gasteiger partial charge in [0.2, 0.25) is 0 Å². The van der Waals surface area contributed by atoms with Crippen LogP contribution < -0.4 is 5.32 Å². The van der Waals surface area contributed by atoms with E-state index in [0.29, 0.717) is 18.7 Å². The molecule has 3 aromatic rings. The minimum absolute atomic E-state index is 0.159. The third-order valence-electron chi connectivity index (χ3n) is 5.77. The molecule has 166 valence electrons. The molecule has 1 saturated heterocycles. The number of rotatable bonds is 4. The van der Waals surface area contributed by atoms with E-state index in [4.69, 9.17) is 23.8 Å². The summed E-state index contributed by atoms with van der Waals surface area (Å²) in [7, 11) is 0. The van der Waals surface area contributed by atoms with E-state index in [0.717, 1.165) is 24.0 Å². The summed E-state index contributed by atoms with van der Waals surface area (Å²) in [6, 6.07) is 11.3. The Morgan fingerprint density at radius 1 is 1.16 bits per heavy atom. The van der Waals surface area contributed by atoms with Gasteiger partial charge < -0.3 is 15.2 Å². The Morgan fingerprint density at radius 2 is 1.84 bits per heavy atom. The second-order valence-electron chi connectivity index (χ2n) is 7.95. The molecule has 0 bridgehead atoms. The quantitative estimate of drug-likeness (QED) is 0.412. The summed E-state index contributed by atoms with van der Waals surface area (Å²) < 4.78 is 27.9. The van der Waals surface area contributed by atoms with E-state index < -0.39 is 5.82 Å². The summed E-state index contributed by atoms with van der Waals surface area (Å²) in [5.41, 5.74) is 2.64. The molecule has 1 amide bonds. The van der Waals surface area contributed by atoms with E-state index in [2.05, 4.69) is 10.3 Å². The van der Waals surface area contributed by atoms with Crippen molar-refractivity contribution in [2.75, 3.05) is 18.4 Å². The number of aromatic nitrogens is 1. The molecule has 1 aliphatic heterocycles. The maximum Gasteiger partial charge on any atom is 0.257 e. The van der Waals surface area contributed by atoms with Crippen molar-refractivity contribution in [1.82, 2.24) is 9.88 Å². The predicted molar refractivity (Wildman–Crippen MR) is 125 cm³/mol. The molecule has 0 spiro atoms. The summed E-state index contributed by atoms with van der Waals surface area (Å²) >= 11 is 11.6. The number of aromatic amines is 1. The Labute approximate surface area is 195 Å². The number of H-pyrrole nitrogens is 1. The number of nitrogens with zero attached hydrogens (tertiary/aromatic N) is 1. The number of aryl methyl sites for hydroxylation is 1. The van der Waals surface area contributed by atoms with Gasteiger partial charge in [-0.1, -0.05) is 42.0 Å². The summed E-state index contributed by atoms with van der Waals surface area (Å²) in [6.45, 7) is 2.89. The molecule has 0 radical (unpaired) electrons. The lowest BCUT2D eigenvalue weighted by atomic mass is 9.89. The van der Waals surface area contributed by atoms with Crippen LogP contribution in [0, 0.1) is 23.2 Å². The van der Waals surface area contributed by atoms with Gasteiger partial charge in [-0.2, -0.15) is 0 Å². The van der Waals surface area contributed by atoms with Crippen LogP contribution in [0.15, 0.2) is 48.7 Å². The number of hydrogen-bond acceptors (Lipinski definition) is 3. The minimum atomic E-state index is -0.446. The van der Waals surface area contributed by atoms with Crippen LogP contribution in [-0.2, 0) is 0 Å². The van der Waals surface area contributed by atoms with Crippen molar-refractivity contribution in [3.63, 3.8) is 0 Å². The number of nitrogens with one attached hydrogen (secondary N) is 2. The standard InChI is InChI=1S/C24H22ClF2N3OS/c1-14-2-7-20(19(27)12-14)29-22-18(13-28-23(32)21(22)25)24(31)30-10-8-16(9-11-30)15-3-5-17(26)6-4-15/h2-7,12-13,16H,8-11H2,1H3,(H2,28,29,32). The molecule has 0 unspecified atom stereocenters. The first-order valence-electron chi connectivity index (χ1n) is 10.3. The molecule has 1 aliphatic rings. The van der Waals surface area contributed by atoms with Crippen molar-refractivity contribution in [3.05, 3.63) is 86.6 Å². The smallest absolute Gasteiger partial charge is 0.257 e. The van der Waals surface area contributed by atoms with E-state index in [1.54, 1.807) is 36.1 Å². The number of pyridine rings is 1. The van der Waals surface area contributed by atoms with Gasteiger partial charge in [0.05, 0.1) is 22.0 Å². The number of amides is 1. The Bertz CT molecular complexity index is 1200. The van der Waals surface area contributed by atoms with Crippen molar-refractivity contribution in [1.29, 1.82) is 0 Å². The van der Waals surface area contributed by atoms with Crippen LogP contribution in [0.25, 0.3) is 0 Å². The fourth-order valence-corrected chi connectivity index (χ4v) is 4.34. The van der Waals surface area contributed by atoms with Crippen LogP contribution in [0.3, 0.4) is 0 Å². The van der Waals surface area contributed by atoms with Crippen LogP contribution in [0.4, 0.5) is 20.2 Å². The second kappa shape index (κ2) is 9.38. The number of likely N-dealkylation sites (tertiary alicyclic amines) is 1. The topological polar surface area (TPSA) is 48.1 Å². The molecule has 0 atom stereocenters. The average Bonchev–Trinajstić information content (AvgIpc) is 2.79. The first kappa shape index (κ1) is 22.4. The Balaban J connectivity index is 1.55. The lowest BCUT2D eigenvalue weighted by Gasteiger charge is -2.32. The summed E-state index contributed by atoms with van der Waals surface area (Å²) in [6.07, 6.45) is 3.05. The highest BCUT2D eigenvalue weighted by molar-refractivity contribution is 7.71. The fraction of sp³-hybridized carbons (Fsp3) is 0.250. The van der Waals surface area contributed by atoms with Crippen molar-refractivity contribution < 1.29 is 13.6 Å². The largest absolute Gasteiger partial charge is 0.351 e. The van der Waals surface area contributed by atoms with Gasteiger partial charge >= 0.3 is 0 Å². The molecule has 32 heavy (non-hydrogen) atoms. The van der Waals surface area contributed by atoms with Gasteiger partial charge in [0.1, 0.15) is 16.3 Å². The Kier molecular flexibility index (Phi) is 6.58. The Hall–Kier alpha value is -2.77. The van der Waals surface area contributed by atoms with Gasteiger partial charge in [-0.25, -0.2) is 8.78 Å². The molecule has 1 aromatic heterocycles. The van der Waals surface area contributed by atoms with Gasteiger partial charge in [0.25, 0.3) is 5.91 Å². The molecule has 0 saturated carbocycles. The van der Waals surface area contributed by atoms with Crippen LogP contribution in [0.5, 0.6) is 0 Å². The molecule has 2 heterocycles. The summed E-state index contributed by atoms with van der Waals surface area (Å²) in [4.78, 5) is 17.9. The van der Waals surface area contributed by atoms with E-state index >= 15 is 0 Å². The number of benzene rings is 2. The lowest BCUT2D eigenvalue weighted by molar-refractivity contribution is 0.0713. The number of hydrogen-bond donors (Lipinski definition) is 2. The fourth-order valence-electron chi connectivity index (χ4n) is 3.97. The molecule has 2 N–H and O–H groups in total. The SMILES string of the molecule is Cc1ccc(Nc2c(C(=O)N3CCC(c4ccc(F)cc4)CC3)c[nH]c(=S)c2Cl)c(F)c1. The van der Waals surface area contributed by atoms with Crippen molar-refractivity contribution in [2.24, 2.45) is 0 Å². The van der Waals surface area contributed by atoms with Gasteiger partial charge in [0, 0.05) is 19.3 Å². The third-order valence-corrected chi connectivity index (χ3v) is 6.59. The van der Waals surface area contributed by atoms with E-state index in [-0.39, 0.29) is 38.7 Å². The maximum absolute atomic E-state index is 14.4. The highest BCUT2D eigenvalue weighted by Crippen LogP contribution is 2.34. The summed E-state index contributed by atoms with van der Waals surface area (Å²) in [5, 5.41) is 3.12. The van der Waals surface area contributed by atoms with Crippen molar-refractivity contribution in [2.45, 2.75) is 25.7 Å². The number of halogens is 3. The van der Waals surface area contributed by atoms with Crippen LogP contribution in [0.1, 0.15) is 40.2 Å². The molecule has 4 nitrogen and oxygen atoms in total. The third kappa shape index (κ3) is 4.69. The molecular weight excluding hydrogens is 452 g/mol. The molecule has 4 rings (SSSR count). The lowest BCUT2D eigenvalue weighted by Crippen LogP contribution is -2.38. The van der Waals surface area contributed by atoms with Gasteiger partial charge in [-0.05, 0) is 61.1 Å². The molecule has 1 fully saturated rings. The van der Waals surface area contributed by atoms with Crippen LogP contribution >= 0.6 is 23.8 Å². The molecular formula is C24H22ClF2N3OS. The van der Waals surface area contributed by atoms with Gasteiger partial charge in [0.15, 0.2) is 0 Å². The highest BCUT2D eigenvalue weighted by Gasteiger charge is 2.27. The molecule has 0 aliphatic carbocycles. The van der Waals surface area contributed by atoms with Gasteiger partial charge in [-0.3, -0.25) is 4.79 Å².